The van der Waals surface area contributed by atoms with E-state index in [0.29, 0.717) is 33.3 Å². The number of para-hydroxylation sites is 2. The Kier molecular flexibility index (Phi) is 5.26. The minimum Gasteiger partial charge on any atom is -0.488 e. The van der Waals surface area contributed by atoms with Crippen LogP contribution in [0.2, 0.25) is 5.02 Å². The summed E-state index contributed by atoms with van der Waals surface area (Å²) in [4.78, 5) is 17.3. The lowest BCUT2D eigenvalue weighted by Crippen LogP contribution is -2.13. The molecule has 2 heterocycles. The Morgan fingerprint density at radius 3 is 2.64 bits per heavy atom. The number of nitrogens with zero attached hydrogens (tertiary/aromatic N) is 1. The van der Waals surface area contributed by atoms with Gasteiger partial charge < -0.3 is 13.9 Å². The fraction of sp³-hybridized carbons (Fsp3) is 0.0909. The summed E-state index contributed by atoms with van der Waals surface area (Å²) in [5, 5.41) is 1.23. The Balaban J connectivity index is 1.51. The maximum Gasteiger partial charge on any atom is 0.339 e. The number of fused-ring (bicyclic) bond motifs is 1. The molecular weight excluding hydrogens is 378 g/mol. The zero-order chi connectivity index (χ0) is 19.3. The first-order valence-corrected chi connectivity index (χ1v) is 9.08. The van der Waals surface area contributed by atoms with E-state index in [9.17, 15) is 4.79 Å². The summed E-state index contributed by atoms with van der Waals surface area (Å²) in [5.74, 6) is 0.686. The number of rotatable bonds is 6. The molecule has 0 aliphatic carbocycles. The monoisotopic (exact) mass is 393 g/mol. The highest BCUT2D eigenvalue weighted by Gasteiger charge is 2.16. The van der Waals surface area contributed by atoms with Gasteiger partial charge in [-0.1, -0.05) is 41.9 Å². The number of hydrogen-bond acceptors (Lipinski definition) is 5. The van der Waals surface area contributed by atoms with Crippen molar-refractivity contribution < 1.29 is 18.7 Å². The largest absolute Gasteiger partial charge is 0.488 e. The molecule has 0 saturated carbocycles. The predicted octanol–water partition coefficient (Wildman–Crippen LogP) is 5.38. The van der Waals surface area contributed by atoms with E-state index in [4.69, 9.17) is 25.5 Å². The lowest BCUT2D eigenvalue weighted by Gasteiger charge is -2.10. The smallest absolute Gasteiger partial charge is 0.339 e. The molecule has 2 aromatic heterocycles. The van der Waals surface area contributed by atoms with Crippen molar-refractivity contribution in [2.24, 2.45) is 0 Å². The summed E-state index contributed by atoms with van der Waals surface area (Å²) in [6.07, 6.45) is 1.57. The standard InChI is InChI=1S/C22H16ClNO4/c23-17-7-2-4-9-20(17)27-12-13-28-22(25)16-14-19(21-10-5-11-26-21)24-18-8-3-1-6-15(16)18/h1-11,14H,12-13H2. The van der Waals surface area contributed by atoms with Gasteiger partial charge in [-0.15, -0.1) is 0 Å². The molecule has 0 bridgehead atoms. The molecule has 0 fully saturated rings. The molecule has 6 heteroatoms. The number of carbonyl (C=O) groups excluding carboxylic acids is 1. The second-order valence-corrected chi connectivity index (χ2v) is 6.37. The third-order valence-electron chi connectivity index (χ3n) is 4.12. The summed E-state index contributed by atoms with van der Waals surface area (Å²) in [7, 11) is 0. The van der Waals surface area contributed by atoms with Crippen LogP contribution < -0.4 is 4.74 Å². The summed E-state index contributed by atoms with van der Waals surface area (Å²) < 4.78 is 16.4. The second-order valence-electron chi connectivity index (χ2n) is 5.96. The summed E-state index contributed by atoms with van der Waals surface area (Å²) in [6.45, 7) is 0.292. The Morgan fingerprint density at radius 1 is 1.00 bits per heavy atom. The predicted molar refractivity (Wildman–Crippen MR) is 107 cm³/mol. The topological polar surface area (TPSA) is 61.6 Å². The van der Waals surface area contributed by atoms with Gasteiger partial charge in [0.2, 0.25) is 0 Å². The fourth-order valence-electron chi connectivity index (χ4n) is 2.82. The van der Waals surface area contributed by atoms with Gasteiger partial charge in [0.15, 0.2) is 5.76 Å². The molecule has 0 atom stereocenters. The van der Waals surface area contributed by atoms with Crippen LogP contribution >= 0.6 is 11.6 Å². The van der Waals surface area contributed by atoms with E-state index in [0.717, 1.165) is 5.39 Å². The quantitative estimate of drug-likeness (QED) is 0.325. The van der Waals surface area contributed by atoms with Crippen molar-refractivity contribution in [2.45, 2.75) is 0 Å². The maximum atomic E-state index is 12.7. The molecule has 0 radical (unpaired) electrons. The van der Waals surface area contributed by atoms with Crippen molar-refractivity contribution >= 4 is 28.5 Å². The number of halogens is 1. The van der Waals surface area contributed by atoms with Crippen LogP contribution in [0.25, 0.3) is 22.4 Å². The van der Waals surface area contributed by atoms with Crippen LogP contribution in [0.4, 0.5) is 0 Å². The Bertz CT molecular complexity index is 1110. The molecule has 0 unspecified atom stereocenters. The molecule has 28 heavy (non-hydrogen) atoms. The third kappa shape index (κ3) is 3.85. The van der Waals surface area contributed by atoms with Gasteiger partial charge in [-0.25, -0.2) is 9.78 Å². The average molecular weight is 394 g/mol. The normalized spacial score (nSPS) is 10.8. The lowest BCUT2D eigenvalue weighted by atomic mass is 10.1. The zero-order valence-electron chi connectivity index (χ0n) is 14.8. The van der Waals surface area contributed by atoms with Crippen molar-refractivity contribution in [3.8, 4) is 17.2 Å². The molecule has 0 aliphatic heterocycles. The molecular formula is C22H16ClNO4. The first-order valence-electron chi connectivity index (χ1n) is 8.70. The van der Waals surface area contributed by atoms with Crippen molar-refractivity contribution in [3.05, 3.63) is 83.6 Å². The van der Waals surface area contributed by atoms with Crippen LogP contribution in [0.1, 0.15) is 10.4 Å². The first-order chi connectivity index (χ1) is 13.7. The van der Waals surface area contributed by atoms with Crippen molar-refractivity contribution in [3.63, 3.8) is 0 Å². The highest BCUT2D eigenvalue weighted by atomic mass is 35.5. The average Bonchev–Trinajstić information content (AvgIpc) is 3.26. The van der Waals surface area contributed by atoms with Crippen LogP contribution in [-0.2, 0) is 4.74 Å². The molecule has 4 aromatic rings. The summed E-state index contributed by atoms with van der Waals surface area (Å²) in [6, 6.07) is 19.8. The van der Waals surface area contributed by atoms with E-state index in [1.807, 2.05) is 36.4 Å². The zero-order valence-corrected chi connectivity index (χ0v) is 15.6. The van der Waals surface area contributed by atoms with Crippen LogP contribution in [-0.4, -0.2) is 24.2 Å². The number of aromatic nitrogens is 1. The molecule has 0 spiro atoms. The van der Waals surface area contributed by atoms with Gasteiger partial charge in [-0.05, 0) is 36.4 Å². The van der Waals surface area contributed by atoms with Gasteiger partial charge in [0.1, 0.15) is 24.7 Å². The van der Waals surface area contributed by atoms with E-state index >= 15 is 0 Å². The van der Waals surface area contributed by atoms with Gasteiger partial charge >= 0.3 is 5.97 Å². The number of esters is 1. The summed E-state index contributed by atoms with van der Waals surface area (Å²) >= 11 is 6.04. The molecule has 5 nitrogen and oxygen atoms in total. The van der Waals surface area contributed by atoms with E-state index in [2.05, 4.69) is 4.98 Å². The van der Waals surface area contributed by atoms with Crippen molar-refractivity contribution in [2.75, 3.05) is 13.2 Å². The fourth-order valence-corrected chi connectivity index (χ4v) is 3.01. The van der Waals surface area contributed by atoms with Crippen LogP contribution in [0, 0.1) is 0 Å². The third-order valence-corrected chi connectivity index (χ3v) is 4.43. The number of pyridine rings is 1. The lowest BCUT2D eigenvalue weighted by molar-refractivity contribution is 0.0453. The number of ether oxygens (including phenoxy) is 2. The van der Waals surface area contributed by atoms with Crippen molar-refractivity contribution in [1.29, 1.82) is 0 Å². The highest BCUT2D eigenvalue weighted by Crippen LogP contribution is 2.26. The Hall–Kier alpha value is -3.31. The molecule has 0 saturated heterocycles. The molecule has 0 aliphatic rings. The molecule has 140 valence electrons. The van der Waals surface area contributed by atoms with Gasteiger partial charge in [-0.3, -0.25) is 0 Å². The minimum atomic E-state index is -0.450. The van der Waals surface area contributed by atoms with E-state index in [1.165, 1.54) is 0 Å². The van der Waals surface area contributed by atoms with Crippen LogP contribution in [0.15, 0.2) is 77.4 Å². The molecule has 0 amide bonds. The minimum absolute atomic E-state index is 0.0940. The molecule has 4 rings (SSSR count). The number of benzene rings is 2. The van der Waals surface area contributed by atoms with Gasteiger partial charge in [0.05, 0.1) is 22.4 Å². The highest BCUT2D eigenvalue weighted by molar-refractivity contribution is 6.32. The van der Waals surface area contributed by atoms with Gasteiger partial charge in [0.25, 0.3) is 0 Å². The SMILES string of the molecule is O=C(OCCOc1ccccc1Cl)c1cc(-c2ccco2)nc2ccccc12. The van der Waals surface area contributed by atoms with Crippen LogP contribution in [0.5, 0.6) is 5.75 Å². The number of hydrogen-bond donors (Lipinski definition) is 0. The number of carbonyl (C=O) groups is 1. The first kappa shape index (κ1) is 18.1. The Morgan fingerprint density at radius 2 is 1.82 bits per heavy atom. The van der Waals surface area contributed by atoms with E-state index in [-0.39, 0.29) is 13.2 Å². The van der Waals surface area contributed by atoms with Gasteiger partial charge in [-0.2, -0.15) is 0 Å². The van der Waals surface area contributed by atoms with Crippen LogP contribution in [0.3, 0.4) is 0 Å². The molecule has 0 N–H and O–H groups in total. The van der Waals surface area contributed by atoms with E-state index in [1.54, 1.807) is 36.6 Å². The Labute approximate surface area is 166 Å². The van der Waals surface area contributed by atoms with Gasteiger partial charge in [0, 0.05) is 5.39 Å². The number of furan rings is 1. The molecule has 2 aromatic carbocycles. The summed E-state index contributed by atoms with van der Waals surface area (Å²) in [5.41, 5.74) is 1.69. The van der Waals surface area contributed by atoms with E-state index < -0.39 is 5.97 Å². The maximum absolute atomic E-state index is 12.7. The second kappa shape index (κ2) is 8.15. The van der Waals surface area contributed by atoms with Crippen molar-refractivity contribution in [1.82, 2.24) is 4.98 Å².